The zero-order valence-electron chi connectivity index (χ0n) is 7.17. The molecule has 0 atom stereocenters. The van der Waals surface area contributed by atoms with Gasteiger partial charge in [0.2, 0.25) is 0 Å². The molecule has 0 bridgehead atoms. The van der Waals surface area contributed by atoms with Crippen LogP contribution in [0.25, 0.3) is 0 Å². The summed E-state index contributed by atoms with van der Waals surface area (Å²) in [7, 11) is 0. The Morgan fingerprint density at radius 1 is 1.78 bits per heavy atom. The molecular weight excluding hydrogens is 150 g/mol. The van der Waals surface area contributed by atoms with Crippen molar-refractivity contribution < 1.29 is 17.5 Å². The number of hydrogen-bond donors (Lipinski definition) is 2. The molecule has 0 saturated carbocycles. The number of nitrogens with two attached hydrogens (primary N) is 1. The van der Waals surface area contributed by atoms with Crippen molar-refractivity contribution in [1.29, 1.82) is 0 Å². The number of hydrogen-bond acceptors (Lipinski definition) is 4. The van der Waals surface area contributed by atoms with E-state index in [1.165, 1.54) is 0 Å². The Labute approximate surface area is 86.3 Å². The molecule has 0 aromatic heterocycles. The third-order valence-electron chi connectivity index (χ3n) is 0.521. The smallest absolute Gasteiger partial charge is 1.00 e. The van der Waals surface area contributed by atoms with Crippen molar-refractivity contribution in [3.8, 4) is 0 Å². The Hall–Kier alpha value is 0.650. The average molecular weight is 161 g/mol. The summed E-state index contributed by atoms with van der Waals surface area (Å²) in [6.07, 6.45) is 0. The van der Waals surface area contributed by atoms with Gasteiger partial charge in [-0.25, -0.2) is 0 Å². The topological polar surface area (TPSA) is 72.6 Å². The monoisotopic (exact) mass is 161 g/mol. The molecule has 0 heterocycles. The largest absolute Gasteiger partial charge is 2.00 e. The zero-order chi connectivity index (χ0) is 6.41. The Balaban J connectivity index is -0.0000000817. The van der Waals surface area contributed by atoms with E-state index in [-0.39, 0.29) is 60.4 Å². The molecule has 0 saturated heterocycles. The van der Waals surface area contributed by atoms with Crippen molar-refractivity contribution in [2.24, 2.45) is 5.73 Å². The second-order valence-electron chi connectivity index (χ2n) is 1.15. The maximum Gasteiger partial charge on any atom is 2.00 e. The summed E-state index contributed by atoms with van der Waals surface area (Å²) in [5, 5.41) is 8.09. The predicted octanol–water partition coefficient (Wildman–Crippen LogP) is -1.68. The van der Waals surface area contributed by atoms with Gasteiger partial charge in [0.25, 0.3) is 0 Å². The van der Waals surface area contributed by atoms with Crippen molar-refractivity contribution in [3.63, 3.8) is 0 Å². The maximum atomic E-state index is 10.1. The van der Waals surface area contributed by atoms with Crippen molar-refractivity contribution in [2.75, 3.05) is 19.8 Å². The van der Waals surface area contributed by atoms with Crippen LogP contribution in [-0.2, 0) is 9.53 Å². The van der Waals surface area contributed by atoms with Crippen LogP contribution in [0.3, 0.4) is 0 Å². The number of rotatable bonds is 3. The van der Waals surface area contributed by atoms with Crippen LogP contribution in [0.2, 0.25) is 0 Å². The van der Waals surface area contributed by atoms with Gasteiger partial charge in [0.05, 0.1) is 13.2 Å². The minimum atomic E-state index is -0.487. The van der Waals surface area contributed by atoms with Crippen LogP contribution in [0, 0.1) is 0 Å². The maximum absolute atomic E-state index is 10.1. The van der Waals surface area contributed by atoms with Gasteiger partial charge in [-0.05, 0) is 0 Å². The second kappa shape index (κ2) is 8.65. The van der Waals surface area contributed by atoms with Gasteiger partial charge in [-0.2, -0.15) is 0 Å². The van der Waals surface area contributed by atoms with E-state index in [0.29, 0.717) is 0 Å². The molecule has 4 nitrogen and oxygen atoms in total. The second-order valence-corrected chi connectivity index (χ2v) is 1.15. The molecule has 0 aromatic carbocycles. The molecule has 52 valence electrons. The van der Waals surface area contributed by atoms with Crippen LogP contribution in [0.4, 0.5) is 0 Å². The number of aliphatic hydroxyl groups excluding tert-OH is 1. The van der Waals surface area contributed by atoms with E-state index in [1.807, 2.05) is 0 Å². The Morgan fingerprint density at radius 3 is 2.67 bits per heavy atom. The third kappa shape index (κ3) is 8.65. The van der Waals surface area contributed by atoms with Crippen LogP contribution in [-0.4, -0.2) is 68.6 Å². The molecule has 0 aliphatic rings. The van der Waals surface area contributed by atoms with Gasteiger partial charge in [-0.1, -0.05) is 0 Å². The van der Waals surface area contributed by atoms with Crippen molar-refractivity contribution in [2.45, 2.75) is 0 Å². The fraction of sp³-hybridized carbons (Fsp3) is 0.750. The van der Waals surface area contributed by atoms with Crippen LogP contribution in [0.1, 0.15) is 2.85 Å². The van der Waals surface area contributed by atoms with Gasteiger partial charge >= 0.3 is 43.7 Å². The quantitative estimate of drug-likeness (QED) is 0.383. The van der Waals surface area contributed by atoms with E-state index in [0.717, 1.165) is 0 Å². The molecule has 0 unspecified atom stereocenters. The van der Waals surface area contributed by atoms with Gasteiger partial charge < -0.3 is 18.4 Å². The van der Waals surface area contributed by atoms with Gasteiger partial charge in [-0.3, -0.25) is 4.79 Å². The number of ether oxygens (including phenoxy) is 1. The third-order valence-corrected chi connectivity index (χ3v) is 0.521. The van der Waals surface area contributed by atoms with E-state index in [1.54, 1.807) is 0 Å². The number of carbonyl (C=O) groups is 1. The fourth-order valence-electron chi connectivity index (χ4n) is 0.218. The van der Waals surface area contributed by atoms with Gasteiger partial charge in [-0.15, -0.1) is 0 Å². The molecule has 0 fully saturated rings. The standard InChI is InChI=1S/C4H9NO3.Ca.2H/c5-3-4(7)8-2-1-6;;;/h6H,1-3,5H2;;;/q;+2;2*-1. The Kier molecular flexibility index (Phi) is 11.9. The van der Waals surface area contributed by atoms with Crippen molar-refractivity contribution in [3.05, 3.63) is 0 Å². The molecule has 0 radical (unpaired) electrons. The van der Waals surface area contributed by atoms with E-state index in [2.05, 4.69) is 4.74 Å². The van der Waals surface area contributed by atoms with Gasteiger partial charge in [0.15, 0.2) is 0 Å². The summed E-state index contributed by atoms with van der Waals surface area (Å²) in [4.78, 5) is 10.1. The van der Waals surface area contributed by atoms with E-state index >= 15 is 0 Å². The summed E-state index contributed by atoms with van der Waals surface area (Å²) in [5.74, 6) is -0.487. The average Bonchev–Trinajstić information content (AvgIpc) is 1.83. The molecule has 0 spiro atoms. The van der Waals surface area contributed by atoms with Crippen molar-refractivity contribution in [1.82, 2.24) is 0 Å². The Bertz CT molecular complexity index is 85.7. The SMILES string of the molecule is NCC(=O)OCCO.[Ca+2].[H-].[H-]. The van der Waals surface area contributed by atoms with Crippen molar-refractivity contribution >= 4 is 43.7 Å². The number of carbonyl (C=O) groups excluding carboxylic acids is 1. The predicted molar refractivity (Wildman–Crippen MR) is 35.1 cm³/mol. The normalized spacial score (nSPS) is 7.78. The number of esters is 1. The molecule has 9 heavy (non-hydrogen) atoms. The first-order chi connectivity index (χ1) is 3.81. The Morgan fingerprint density at radius 2 is 2.33 bits per heavy atom. The van der Waals surface area contributed by atoms with Crippen LogP contribution >= 0.6 is 0 Å². The molecular formula is C4H11CaNO3. The molecule has 0 aliphatic heterocycles. The first-order valence-electron chi connectivity index (χ1n) is 2.27. The summed E-state index contributed by atoms with van der Waals surface area (Å²) >= 11 is 0. The first-order valence-corrected chi connectivity index (χ1v) is 2.27. The van der Waals surface area contributed by atoms with Crippen LogP contribution in [0.15, 0.2) is 0 Å². The molecule has 5 heteroatoms. The molecule has 0 amide bonds. The minimum Gasteiger partial charge on any atom is -1.00 e. The first kappa shape index (κ1) is 12.3. The van der Waals surface area contributed by atoms with Gasteiger partial charge in [0.1, 0.15) is 6.61 Å². The van der Waals surface area contributed by atoms with Crippen LogP contribution in [0.5, 0.6) is 0 Å². The summed E-state index contributed by atoms with van der Waals surface area (Å²) in [6, 6.07) is 0. The zero-order valence-corrected chi connectivity index (χ0v) is 7.38. The minimum absolute atomic E-state index is 0. The van der Waals surface area contributed by atoms with E-state index in [9.17, 15) is 4.79 Å². The fourth-order valence-corrected chi connectivity index (χ4v) is 0.218. The number of aliphatic hydroxyl groups is 1. The molecule has 0 aliphatic carbocycles. The summed E-state index contributed by atoms with van der Waals surface area (Å²) in [6.45, 7) is -0.234. The molecule has 0 aromatic rings. The summed E-state index contributed by atoms with van der Waals surface area (Å²) < 4.78 is 4.33. The van der Waals surface area contributed by atoms with Crippen LogP contribution < -0.4 is 5.73 Å². The van der Waals surface area contributed by atoms with E-state index < -0.39 is 5.97 Å². The van der Waals surface area contributed by atoms with E-state index in [4.69, 9.17) is 10.8 Å². The summed E-state index contributed by atoms with van der Waals surface area (Å²) in [5.41, 5.74) is 4.86. The molecule has 3 N–H and O–H groups in total. The molecule has 0 rings (SSSR count). The van der Waals surface area contributed by atoms with Gasteiger partial charge in [0, 0.05) is 0 Å².